The van der Waals surface area contributed by atoms with Gasteiger partial charge in [0.05, 0.1) is 0 Å². The fourth-order valence-electron chi connectivity index (χ4n) is 3.03. The second kappa shape index (κ2) is 8.19. The number of rotatable bonds is 5. The number of oxazole rings is 1. The zero-order chi connectivity index (χ0) is 22.9. The number of primary amides is 1. The van der Waals surface area contributed by atoms with Crippen molar-refractivity contribution in [2.24, 2.45) is 5.73 Å². The van der Waals surface area contributed by atoms with Gasteiger partial charge in [-0.05, 0) is 66.7 Å². The van der Waals surface area contributed by atoms with Crippen LogP contribution in [0, 0.1) is 0 Å². The van der Waals surface area contributed by atoms with Crippen molar-refractivity contribution in [1.82, 2.24) is 4.98 Å². The van der Waals surface area contributed by atoms with Crippen LogP contribution >= 0.6 is 0 Å². The molecule has 4 aromatic rings. The van der Waals surface area contributed by atoms with Gasteiger partial charge in [-0.25, -0.2) is 4.98 Å². The Balaban J connectivity index is 1.44. The van der Waals surface area contributed by atoms with Crippen LogP contribution in [0.3, 0.4) is 0 Å². The van der Waals surface area contributed by atoms with E-state index in [1.165, 1.54) is 0 Å². The molecule has 0 aliphatic carbocycles. The number of hydrogen-bond donors (Lipinski definition) is 2. The molecule has 0 radical (unpaired) electrons. The highest BCUT2D eigenvalue weighted by atomic mass is 16.5. The predicted octanol–water partition coefficient (Wildman–Crippen LogP) is 5.27. The Morgan fingerprint density at radius 3 is 2.06 bits per heavy atom. The first-order valence-corrected chi connectivity index (χ1v) is 10.1. The summed E-state index contributed by atoms with van der Waals surface area (Å²) in [4.78, 5) is 28.3. The van der Waals surface area contributed by atoms with E-state index >= 15 is 0 Å². The van der Waals surface area contributed by atoms with Gasteiger partial charge in [-0.3, -0.25) is 9.59 Å². The van der Waals surface area contributed by atoms with Crippen molar-refractivity contribution >= 4 is 28.6 Å². The Morgan fingerprint density at radius 1 is 0.906 bits per heavy atom. The van der Waals surface area contributed by atoms with Crippen LogP contribution in [-0.2, 0) is 5.41 Å². The molecule has 32 heavy (non-hydrogen) atoms. The average Bonchev–Trinajstić information content (AvgIpc) is 3.19. The molecule has 1 aromatic heterocycles. The minimum absolute atomic E-state index is 0.198. The summed E-state index contributed by atoms with van der Waals surface area (Å²) < 4.78 is 11.5. The quantitative estimate of drug-likeness (QED) is 0.449. The fourth-order valence-corrected chi connectivity index (χ4v) is 3.03. The molecule has 4 rings (SSSR count). The van der Waals surface area contributed by atoms with E-state index in [1.54, 1.807) is 66.7 Å². The molecule has 0 fully saturated rings. The van der Waals surface area contributed by atoms with Crippen molar-refractivity contribution in [3.05, 3.63) is 83.7 Å². The fraction of sp³-hybridized carbons (Fsp3) is 0.160. The summed E-state index contributed by atoms with van der Waals surface area (Å²) in [5.41, 5.74) is 7.93. The van der Waals surface area contributed by atoms with Gasteiger partial charge in [0.2, 0.25) is 11.8 Å². The molecule has 7 heteroatoms. The third kappa shape index (κ3) is 4.62. The molecule has 0 aliphatic rings. The maximum absolute atomic E-state index is 12.6. The van der Waals surface area contributed by atoms with E-state index in [9.17, 15) is 9.59 Å². The van der Waals surface area contributed by atoms with Crippen molar-refractivity contribution in [1.29, 1.82) is 0 Å². The number of benzene rings is 3. The van der Waals surface area contributed by atoms with Gasteiger partial charge in [-0.15, -0.1) is 0 Å². The van der Waals surface area contributed by atoms with Crippen LogP contribution in [0.2, 0.25) is 0 Å². The SMILES string of the molecule is CC(C)(C)c1nc2cc(NC(=O)c3ccc(Oc4ccc(C(N)=O)cc4)cc3)ccc2o1. The standard InChI is InChI=1S/C25H23N3O4/c1-25(2,3)24-28-20-14-17(8-13-21(20)32-24)27-23(30)16-6-11-19(12-7-16)31-18-9-4-15(5-10-18)22(26)29/h4-14H,1-3H3,(H2,26,29)(H,27,30). The Morgan fingerprint density at radius 2 is 1.50 bits per heavy atom. The number of nitrogens with one attached hydrogen (secondary N) is 1. The highest BCUT2D eigenvalue weighted by molar-refractivity contribution is 6.05. The lowest BCUT2D eigenvalue weighted by Crippen LogP contribution is -2.11. The first-order chi connectivity index (χ1) is 15.2. The maximum atomic E-state index is 12.6. The second-order valence-corrected chi connectivity index (χ2v) is 8.42. The van der Waals surface area contributed by atoms with Crippen LogP contribution in [0.4, 0.5) is 5.69 Å². The number of ether oxygens (including phenoxy) is 1. The van der Waals surface area contributed by atoms with Crippen molar-refractivity contribution < 1.29 is 18.7 Å². The highest BCUT2D eigenvalue weighted by Gasteiger charge is 2.21. The van der Waals surface area contributed by atoms with Gasteiger partial charge < -0.3 is 20.2 Å². The van der Waals surface area contributed by atoms with Gasteiger partial charge in [0.1, 0.15) is 17.0 Å². The van der Waals surface area contributed by atoms with Crippen LogP contribution in [0.25, 0.3) is 11.1 Å². The molecule has 1 heterocycles. The van der Waals surface area contributed by atoms with Crippen LogP contribution in [0.15, 0.2) is 71.1 Å². The molecule has 0 saturated heterocycles. The van der Waals surface area contributed by atoms with E-state index in [1.807, 2.05) is 20.8 Å². The Hall–Kier alpha value is -4.13. The molecule has 0 spiro atoms. The lowest BCUT2D eigenvalue weighted by atomic mass is 9.97. The van der Waals surface area contributed by atoms with Crippen LogP contribution in [-0.4, -0.2) is 16.8 Å². The largest absolute Gasteiger partial charge is 0.457 e. The van der Waals surface area contributed by atoms with E-state index in [4.69, 9.17) is 14.9 Å². The Bertz CT molecular complexity index is 1280. The number of fused-ring (bicyclic) bond motifs is 1. The van der Waals surface area contributed by atoms with Crippen molar-refractivity contribution in [3.8, 4) is 11.5 Å². The Labute approximate surface area is 185 Å². The normalized spacial score (nSPS) is 11.3. The smallest absolute Gasteiger partial charge is 0.255 e. The lowest BCUT2D eigenvalue weighted by molar-refractivity contribution is 0.0997. The molecule has 162 valence electrons. The van der Waals surface area contributed by atoms with E-state index in [0.717, 1.165) is 0 Å². The first kappa shape index (κ1) is 21.1. The zero-order valence-electron chi connectivity index (χ0n) is 18.0. The van der Waals surface area contributed by atoms with Crippen LogP contribution in [0.5, 0.6) is 11.5 Å². The van der Waals surface area contributed by atoms with E-state index < -0.39 is 5.91 Å². The Kier molecular flexibility index (Phi) is 5.40. The van der Waals surface area contributed by atoms with Crippen LogP contribution < -0.4 is 15.8 Å². The van der Waals surface area contributed by atoms with Crippen molar-refractivity contribution in [3.63, 3.8) is 0 Å². The summed E-state index contributed by atoms with van der Waals surface area (Å²) >= 11 is 0. The molecule has 7 nitrogen and oxygen atoms in total. The first-order valence-electron chi connectivity index (χ1n) is 10.1. The summed E-state index contributed by atoms with van der Waals surface area (Å²) in [6, 6.07) is 18.6. The number of amides is 2. The number of carbonyl (C=O) groups is 2. The highest BCUT2D eigenvalue weighted by Crippen LogP contribution is 2.28. The van der Waals surface area contributed by atoms with Crippen LogP contribution in [0.1, 0.15) is 47.4 Å². The number of carbonyl (C=O) groups excluding carboxylic acids is 2. The third-order valence-electron chi connectivity index (χ3n) is 4.78. The van der Waals surface area contributed by atoms with Gasteiger partial charge in [0.15, 0.2) is 5.58 Å². The van der Waals surface area contributed by atoms with Gasteiger partial charge in [-0.2, -0.15) is 0 Å². The summed E-state index contributed by atoms with van der Waals surface area (Å²) in [7, 11) is 0. The maximum Gasteiger partial charge on any atom is 0.255 e. The molecule has 3 aromatic carbocycles. The van der Waals surface area contributed by atoms with Gasteiger partial charge >= 0.3 is 0 Å². The molecule has 0 aliphatic heterocycles. The molecular formula is C25H23N3O4. The molecule has 2 amide bonds. The number of anilines is 1. The van der Waals surface area contributed by atoms with E-state index in [2.05, 4.69) is 10.3 Å². The summed E-state index contributed by atoms with van der Waals surface area (Å²) in [5, 5.41) is 2.88. The van der Waals surface area contributed by atoms with Crippen molar-refractivity contribution in [2.75, 3.05) is 5.32 Å². The average molecular weight is 429 g/mol. The summed E-state index contributed by atoms with van der Waals surface area (Å²) in [5.74, 6) is 1.02. The molecule has 0 bridgehead atoms. The lowest BCUT2D eigenvalue weighted by Gasteiger charge is -2.11. The molecule has 0 unspecified atom stereocenters. The van der Waals surface area contributed by atoms with Gasteiger partial charge in [0, 0.05) is 22.2 Å². The van der Waals surface area contributed by atoms with Gasteiger partial charge in [-0.1, -0.05) is 20.8 Å². The minimum Gasteiger partial charge on any atom is -0.457 e. The number of hydrogen-bond acceptors (Lipinski definition) is 5. The van der Waals surface area contributed by atoms with E-state index in [0.29, 0.717) is 45.3 Å². The van der Waals surface area contributed by atoms with E-state index in [-0.39, 0.29) is 11.3 Å². The third-order valence-corrected chi connectivity index (χ3v) is 4.78. The van der Waals surface area contributed by atoms with Crippen molar-refractivity contribution in [2.45, 2.75) is 26.2 Å². The topological polar surface area (TPSA) is 107 Å². The zero-order valence-corrected chi connectivity index (χ0v) is 18.0. The second-order valence-electron chi connectivity index (χ2n) is 8.42. The molecule has 0 saturated carbocycles. The summed E-state index contributed by atoms with van der Waals surface area (Å²) in [6.07, 6.45) is 0. The molecule has 3 N–H and O–H groups in total. The molecular weight excluding hydrogens is 406 g/mol. The number of aromatic nitrogens is 1. The molecule has 0 atom stereocenters. The number of nitrogens with zero attached hydrogens (tertiary/aromatic N) is 1. The minimum atomic E-state index is -0.496. The van der Waals surface area contributed by atoms with Gasteiger partial charge in [0.25, 0.3) is 5.91 Å². The monoisotopic (exact) mass is 429 g/mol. The number of nitrogens with two attached hydrogens (primary N) is 1. The summed E-state index contributed by atoms with van der Waals surface area (Å²) in [6.45, 7) is 6.09. The predicted molar refractivity (Wildman–Crippen MR) is 122 cm³/mol.